The monoisotopic (exact) mass is 313 g/mol. The summed E-state index contributed by atoms with van der Waals surface area (Å²) in [5.74, 6) is 0.936. The number of hydrogen-bond donors (Lipinski definition) is 1. The number of hydrogen-bond acceptors (Lipinski definition) is 2. The van der Waals surface area contributed by atoms with Crippen LogP contribution < -0.4 is 5.32 Å². The molecule has 1 aliphatic heterocycles. The molecule has 2 fully saturated rings. The van der Waals surface area contributed by atoms with Crippen molar-refractivity contribution in [3.63, 3.8) is 0 Å². The number of ether oxygens (including phenoxy) is 1. The van der Waals surface area contributed by atoms with Gasteiger partial charge in [-0.05, 0) is 68.5 Å². The van der Waals surface area contributed by atoms with Crippen molar-refractivity contribution in [2.45, 2.75) is 75.9 Å². The van der Waals surface area contributed by atoms with E-state index in [-0.39, 0.29) is 5.60 Å². The van der Waals surface area contributed by atoms with E-state index in [1.54, 1.807) is 0 Å². The zero-order chi connectivity index (χ0) is 15.5. The first-order chi connectivity index (χ1) is 11.4. The van der Waals surface area contributed by atoms with Crippen LogP contribution in [0.25, 0.3) is 0 Å². The fraction of sp³-hybridized carbons (Fsp3) is 0.714. The van der Waals surface area contributed by atoms with Crippen molar-refractivity contribution >= 4 is 0 Å². The van der Waals surface area contributed by atoms with Gasteiger partial charge in [0.15, 0.2) is 0 Å². The van der Waals surface area contributed by atoms with Crippen LogP contribution in [0.1, 0.15) is 68.9 Å². The van der Waals surface area contributed by atoms with Gasteiger partial charge in [-0.1, -0.05) is 43.5 Å². The van der Waals surface area contributed by atoms with Crippen molar-refractivity contribution in [3.8, 4) is 0 Å². The zero-order valence-corrected chi connectivity index (χ0v) is 14.4. The summed E-state index contributed by atoms with van der Waals surface area (Å²) in [5, 5.41) is 3.88. The highest BCUT2D eigenvalue weighted by atomic mass is 16.5. The van der Waals surface area contributed by atoms with Crippen molar-refractivity contribution < 1.29 is 4.74 Å². The highest BCUT2D eigenvalue weighted by molar-refractivity contribution is 5.35. The summed E-state index contributed by atoms with van der Waals surface area (Å²) >= 11 is 0. The maximum Gasteiger partial charge on any atom is 0.0935 e. The Labute approximate surface area is 141 Å². The van der Waals surface area contributed by atoms with Crippen LogP contribution in [-0.2, 0) is 16.8 Å². The van der Waals surface area contributed by atoms with Gasteiger partial charge in [-0.25, -0.2) is 0 Å². The molecule has 0 amide bonds. The van der Waals surface area contributed by atoms with Crippen LogP contribution in [0.5, 0.6) is 0 Å². The molecule has 1 aromatic carbocycles. The normalized spacial score (nSPS) is 31.9. The van der Waals surface area contributed by atoms with E-state index in [0.29, 0.717) is 6.04 Å². The SMILES string of the molecule is c1ccc2c(c1)CCOC21CCC(NCC2CCCCC2)CC1. The predicted molar refractivity (Wildman–Crippen MR) is 94.6 cm³/mol. The van der Waals surface area contributed by atoms with E-state index >= 15 is 0 Å². The third-order valence-electron chi connectivity index (χ3n) is 6.47. The molecule has 1 spiro atoms. The maximum absolute atomic E-state index is 6.35. The Balaban J connectivity index is 1.34. The molecule has 126 valence electrons. The van der Waals surface area contributed by atoms with Crippen molar-refractivity contribution in [2.24, 2.45) is 5.92 Å². The Morgan fingerprint density at radius 3 is 2.61 bits per heavy atom. The first-order valence-electron chi connectivity index (χ1n) is 9.81. The van der Waals surface area contributed by atoms with Gasteiger partial charge in [0, 0.05) is 6.04 Å². The third-order valence-corrected chi connectivity index (χ3v) is 6.47. The fourth-order valence-electron chi connectivity index (χ4n) is 5.04. The Kier molecular flexibility index (Phi) is 4.73. The molecule has 2 heteroatoms. The lowest BCUT2D eigenvalue weighted by molar-refractivity contribution is -0.0890. The molecule has 1 heterocycles. The van der Waals surface area contributed by atoms with Crippen LogP contribution in [0, 0.1) is 5.92 Å². The second-order valence-electron chi connectivity index (χ2n) is 7.94. The van der Waals surface area contributed by atoms with Crippen molar-refractivity contribution in [2.75, 3.05) is 13.2 Å². The van der Waals surface area contributed by atoms with Gasteiger partial charge in [0.25, 0.3) is 0 Å². The smallest absolute Gasteiger partial charge is 0.0935 e. The molecule has 2 nitrogen and oxygen atoms in total. The molecule has 0 radical (unpaired) electrons. The van der Waals surface area contributed by atoms with Crippen LogP contribution in [0.15, 0.2) is 24.3 Å². The minimum absolute atomic E-state index is 0.0257. The topological polar surface area (TPSA) is 21.3 Å². The number of rotatable bonds is 3. The Morgan fingerprint density at radius 2 is 1.78 bits per heavy atom. The summed E-state index contributed by atoms with van der Waals surface area (Å²) in [4.78, 5) is 0. The number of nitrogens with one attached hydrogen (secondary N) is 1. The summed E-state index contributed by atoms with van der Waals surface area (Å²) in [6, 6.07) is 9.68. The van der Waals surface area contributed by atoms with E-state index in [2.05, 4.69) is 29.6 Å². The van der Waals surface area contributed by atoms with E-state index < -0.39 is 0 Å². The number of fused-ring (bicyclic) bond motifs is 2. The van der Waals surface area contributed by atoms with Gasteiger partial charge in [-0.3, -0.25) is 0 Å². The molecule has 23 heavy (non-hydrogen) atoms. The average Bonchev–Trinajstić information content (AvgIpc) is 2.63. The molecule has 3 aliphatic rings. The highest BCUT2D eigenvalue weighted by Gasteiger charge is 2.40. The number of benzene rings is 1. The van der Waals surface area contributed by atoms with Gasteiger partial charge < -0.3 is 10.1 Å². The van der Waals surface area contributed by atoms with Crippen LogP contribution in [0.4, 0.5) is 0 Å². The molecule has 1 N–H and O–H groups in total. The molecule has 0 unspecified atom stereocenters. The average molecular weight is 313 g/mol. The van der Waals surface area contributed by atoms with Crippen molar-refractivity contribution in [3.05, 3.63) is 35.4 Å². The summed E-state index contributed by atoms with van der Waals surface area (Å²) in [5.41, 5.74) is 3.03. The van der Waals surface area contributed by atoms with E-state index in [1.165, 1.54) is 75.5 Å². The zero-order valence-electron chi connectivity index (χ0n) is 14.4. The molecule has 0 aromatic heterocycles. The molecule has 1 aromatic rings. The quantitative estimate of drug-likeness (QED) is 0.883. The van der Waals surface area contributed by atoms with Gasteiger partial charge in [0.05, 0.1) is 12.2 Å². The summed E-state index contributed by atoms with van der Waals surface area (Å²) in [6.45, 7) is 2.15. The largest absolute Gasteiger partial charge is 0.370 e. The summed E-state index contributed by atoms with van der Waals surface area (Å²) < 4.78 is 6.35. The van der Waals surface area contributed by atoms with Gasteiger partial charge in [-0.15, -0.1) is 0 Å². The second kappa shape index (κ2) is 6.94. The minimum atomic E-state index is 0.0257. The molecule has 0 bridgehead atoms. The Bertz CT molecular complexity index is 512. The minimum Gasteiger partial charge on any atom is -0.370 e. The van der Waals surface area contributed by atoms with E-state index in [0.717, 1.165) is 18.9 Å². The molecule has 4 rings (SSSR count). The lowest BCUT2D eigenvalue weighted by atomic mass is 9.74. The van der Waals surface area contributed by atoms with E-state index in [9.17, 15) is 0 Å². The molecule has 0 atom stereocenters. The standard InChI is InChI=1S/C21H31NO/c1-2-6-17(7-3-1)16-22-19-10-13-21(14-11-19)20-9-5-4-8-18(20)12-15-23-21/h4-5,8-9,17,19,22H,1-3,6-7,10-16H2. The Morgan fingerprint density at radius 1 is 1.00 bits per heavy atom. The van der Waals surface area contributed by atoms with Gasteiger partial charge >= 0.3 is 0 Å². The van der Waals surface area contributed by atoms with Gasteiger partial charge in [-0.2, -0.15) is 0 Å². The molecule has 2 saturated carbocycles. The lowest BCUT2D eigenvalue weighted by Gasteiger charge is -2.44. The summed E-state index contributed by atoms with van der Waals surface area (Å²) in [7, 11) is 0. The Hall–Kier alpha value is -0.860. The van der Waals surface area contributed by atoms with Crippen LogP contribution in [0.3, 0.4) is 0 Å². The first-order valence-corrected chi connectivity index (χ1v) is 9.81. The maximum atomic E-state index is 6.35. The van der Waals surface area contributed by atoms with Crippen molar-refractivity contribution in [1.82, 2.24) is 5.32 Å². The first kappa shape index (κ1) is 15.7. The van der Waals surface area contributed by atoms with E-state index in [4.69, 9.17) is 4.74 Å². The van der Waals surface area contributed by atoms with Gasteiger partial charge in [0.2, 0.25) is 0 Å². The summed E-state index contributed by atoms with van der Waals surface area (Å²) in [6.07, 6.45) is 13.2. The molecular formula is C21H31NO. The molecular weight excluding hydrogens is 282 g/mol. The third kappa shape index (κ3) is 3.34. The molecule has 2 aliphatic carbocycles. The molecule has 0 saturated heterocycles. The van der Waals surface area contributed by atoms with Crippen LogP contribution in [0.2, 0.25) is 0 Å². The van der Waals surface area contributed by atoms with Gasteiger partial charge in [0.1, 0.15) is 0 Å². The van der Waals surface area contributed by atoms with Crippen LogP contribution >= 0.6 is 0 Å². The van der Waals surface area contributed by atoms with E-state index in [1.807, 2.05) is 0 Å². The fourth-order valence-corrected chi connectivity index (χ4v) is 5.04. The second-order valence-corrected chi connectivity index (χ2v) is 7.94. The lowest BCUT2D eigenvalue weighted by Crippen LogP contribution is -2.44. The van der Waals surface area contributed by atoms with Crippen LogP contribution in [-0.4, -0.2) is 19.2 Å². The highest BCUT2D eigenvalue weighted by Crippen LogP contribution is 2.44. The predicted octanol–water partition coefficient (Wildman–Crippen LogP) is 4.57. The van der Waals surface area contributed by atoms with Crippen molar-refractivity contribution in [1.29, 1.82) is 0 Å².